The van der Waals surface area contributed by atoms with E-state index in [0.29, 0.717) is 0 Å². The average Bonchev–Trinajstić information content (AvgIpc) is 2.49. The van der Waals surface area contributed by atoms with Gasteiger partial charge >= 0.3 is 12.4 Å². The first-order chi connectivity index (χ1) is 7.10. The Morgan fingerprint density at radius 1 is 1.12 bits per heavy atom. The van der Waals surface area contributed by atoms with Gasteiger partial charge in [0.1, 0.15) is 10.9 Å². The fourth-order valence-electron chi connectivity index (χ4n) is 0.972. The first-order valence-corrected chi connectivity index (χ1v) is 4.90. The summed E-state index contributed by atoms with van der Waals surface area (Å²) in [4.78, 5) is -0.950. The maximum atomic E-state index is 12.1. The minimum atomic E-state index is -4.59. The van der Waals surface area contributed by atoms with Crippen LogP contribution in [0.1, 0.15) is 9.75 Å². The van der Waals surface area contributed by atoms with Crippen molar-refractivity contribution in [2.24, 2.45) is 5.73 Å². The minimum Gasteiger partial charge on any atom is -0.320 e. The molecule has 0 radical (unpaired) electrons. The van der Waals surface area contributed by atoms with E-state index in [0.717, 1.165) is 12.1 Å². The van der Waals surface area contributed by atoms with Crippen molar-refractivity contribution in [2.75, 3.05) is 0 Å². The molecule has 1 unspecified atom stereocenters. The van der Waals surface area contributed by atoms with Gasteiger partial charge in [-0.05, 0) is 12.1 Å². The minimum absolute atomic E-state index is 0.0304. The molecule has 0 aliphatic rings. The van der Waals surface area contributed by atoms with Gasteiger partial charge in [0.15, 0.2) is 0 Å². The number of rotatable bonds is 2. The van der Waals surface area contributed by atoms with E-state index < -0.39 is 29.7 Å². The van der Waals surface area contributed by atoms with E-state index in [4.69, 9.17) is 5.73 Å². The summed E-state index contributed by atoms with van der Waals surface area (Å²) in [6, 6.07) is -0.366. The van der Waals surface area contributed by atoms with Crippen LogP contribution in [0.3, 0.4) is 0 Å². The van der Waals surface area contributed by atoms with Crippen molar-refractivity contribution in [1.29, 1.82) is 0 Å². The number of hydrogen-bond acceptors (Lipinski definition) is 2. The van der Waals surface area contributed by atoms with Crippen molar-refractivity contribution >= 4 is 11.3 Å². The van der Waals surface area contributed by atoms with Gasteiger partial charge in [-0.1, -0.05) is 0 Å². The van der Waals surface area contributed by atoms with Crippen molar-refractivity contribution < 1.29 is 26.3 Å². The van der Waals surface area contributed by atoms with Crippen LogP contribution >= 0.6 is 11.3 Å². The van der Waals surface area contributed by atoms with Crippen LogP contribution in [0.25, 0.3) is 0 Å². The molecule has 1 atom stereocenters. The fourth-order valence-corrected chi connectivity index (χ4v) is 1.91. The molecule has 0 spiro atoms. The fraction of sp³-hybridized carbons (Fsp3) is 0.500. The van der Waals surface area contributed by atoms with Crippen LogP contribution in [0.4, 0.5) is 26.3 Å². The molecular weight excluding hydrogens is 256 g/mol. The third-order valence-electron chi connectivity index (χ3n) is 1.78. The summed E-state index contributed by atoms with van der Waals surface area (Å²) >= 11 is 0.279. The van der Waals surface area contributed by atoms with Crippen LogP contribution < -0.4 is 5.73 Å². The van der Waals surface area contributed by atoms with Gasteiger partial charge in [0.05, 0.1) is 0 Å². The highest BCUT2D eigenvalue weighted by Crippen LogP contribution is 2.35. The quantitative estimate of drug-likeness (QED) is 0.815. The lowest BCUT2D eigenvalue weighted by molar-refractivity contribution is -0.147. The Labute approximate surface area is 90.9 Å². The smallest absolute Gasteiger partial charge is 0.320 e. The van der Waals surface area contributed by atoms with E-state index in [1.165, 1.54) is 0 Å². The van der Waals surface area contributed by atoms with Crippen molar-refractivity contribution in [3.8, 4) is 0 Å². The molecule has 0 saturated carbocycles. The number of thiophene rings is 1. The summed E-state index contributed by atoms with van der Waals surface area (Å²) < 4.78 is 72.5. The van der Waals surface area contributed by atoms with Gasteiger partial charge in [-0.3, -0.25) is 0 Å². The van der Waals surface area contributed by atoms with Crippen molar-refractivity contribution in [3.05, 3.63) is 21.9 Å². The second-order valence-electron chi connectivity index (χ2n) is 3.12. The second kappa shape index (κ2) is 4.25. The highest BCUT2D eigenvalue weighted by atomic mass is 32.1. The predicted octanol–water partition coefficient (Wildman–Crippen LogP) is 3.20. The number of hydrogen-bond donors (Lipinski definition) is 1. The van der Waals surface area contributed by atoms with Gasteiger partial charge in [-0.2, -0.15) is 26.3 Å². The molecule has 0 aliphatic carbocycles. The van der Waals surface area contributed by atoms with Gasteiger partial charge < -0.3 is 5.73 Å². The third kappa shape index (κ3) is 3.38. The molecule has 0 aromatic carbocycles. The lowest BCUT2D eigenvalue weighted by Crippen LogP contribution is -2.38. The monoisotopic (exact) mass is 263 g/mol. The SMILES string of the molecule is NC(Cc1ccc(C(F)(F)F)s1)C(F)(F)F. The molecule has 1 rings (SSSR count). The van der Waals surface area contributed by atoms with Crippen LogP contribution in [-0.2, 0) is 12.6 Å². The van der Waals surface area contributed by atoms with Crippen LogP contribution in [0.2, 0.25) is 0 Å². The molecule has 1 heterocycles. The van der Waals surface area contributed by atoms with Gasteiger partial charge in [0.2, 0.25) is 0 Å². The molecule has 16 heavy (non-hydrogen) atoms. The zero-order valence-electron chi connectivity index (χ0n) is 7.69. The molecule has 1 nitrogen and oxygen atoms in total. The topological polar surface area (TPSA) is 26.0 Å². The highest BCUT2D eigenvalue weighted by molar-refractivity contribution is 7.12. The Balaban J connectivity index is 2.74. The summed E-state index contributed by atoms with van der Waals surface area (Å²) in [6.07, 6.45) is -9.75. The molecule has 0 amide bonds. The molecule has 2 N–H and O–H groups in total. The van der Waals surface area contributed by atoms with E-state index in [1.54, 1.807) is 0 Å². The Kier molecular flexibility index (Phi) is 3.53. The molecule has 0 aliphatic heterocycles. The molecule has 1 aromatic rings. The predicted molar refractivity (Wildman–Crippen MR) is 47.1 cm³/mol. The van der Waals surface area contributed by atoms with Crippen molar-refractivity contribution in [3.63, 3.8) is 0 Å². The molecule has 0 fully saturated rings. The molecule has 1 aromatic heterocycles. The largest absolute Gasteiger partial charge is 0.425 e. The van der Waals surface area contributed by atoms with E-state index >= 15 is 0 Å². The maximum Gasteiger partial charge on any atom is 0.425 e. The van der Waals surface area contributed by atoms with Crippen LogP contribution in [-0.4, -0.2) is 12.2 Å². The maximum absolute atomic E-state index is 12.1. The summed E-state index contributed by atoms with van der Waals surface area (Å²) in [5.74, 6) is 0. The summed E-state index contributed by atoms with van der Waals surface area (Å²) in [7, 11) is 0. The van der Waals surface area contributed by atoms with E-state index in [2.05, 4.69) is 0 Å². The normalized spacial score (nSPS) is 15.2. The van der Waals surface area contributed by atoms with E-state index in [9.17, 15) is 26.3 Å². The number of halogens is 6. The lowest BCUT2D eigenvalue weighted by Gasteiger charge is -2.14. The molecular formula is C8H7F6NS. The summed E-state index contributed by atoms with van der Waals surface area (Å²) in [6.45, 7) is 0. The summed E-state index contributed by atoms with van der Waals surface area (Å²) in [5.41, 5.74) is 4.80. The van der Waals surface area contributed by atoms with Crippen molar-refractivity contribution in [1.82, 2.24) is 0 Å². The lowest BCUT2D eigenvalue weighted by atomic mass is 10.2. The third-order valence-corrected chi connectivity index (χ3v) is 2.93. The van der Waals surface area contributed by atoms with Crippen LogP contribution in [0.15, 0.2) is 12.1 Å². The van der Waals surface area contributed by atoms with E-state index in [-0.39, 0.29) is 16.2 Å². The van der Waals surface area contributed by atoms with Gasteiger partial charge in [0, 0.05) is 11.3 Å². The Morgan fingerprint density at radius 2 is 1.69 bits per heavy atom. The van der Waals surface area contributed by atoms with Crippen LogP contribution in [0, 0.1) is 0 Å². The Bertz CT molecular complexity index is 352. The first-order valence-electron chi connectivity index (χ1n) is 4.09. The molecule has 92 valence electrons. The zero-order valence-corrected chi connectivity index (χ0v) is 8.51. The van der Waals surface area contributed by atoms with Gasteiger partial charge in [-0.25, -0.2) is 0 Å². The molecule has 0 saturated heterocycles. The molecule has 8 heteroatoms. The van der Waals surface area contributed by atoms with Gasteiger partial charge in [-0.15, -0.1) is 11.3 Å². The Hall–Kier alpha value is -0.760. The number of nitrogens with two attached hydrogens (primary N) is 1. The van der Waals surface area contributed by atoms with Gasteiger partial charge in [0.25, 0.3) is 0 Å². The average molecular weight is 263 g/mol. The highest BCUT2D eigenvalue weighted by Gasteiger charge is 2.38. The zero-order chi connectivity index (χ0) is 12.6. The first kappa shape index (κ1) is 13.3. The van der Waals surface area contributed by atoms with E-state index in [1.807, 2.05) is 0 Å². The van der Waals surface area contributed by atoms with Crippen LogP contribution in [0.5, 0.6) is 0 Å². The second-order valence-corrected chi connectivity index (χ2v) is 4.28. The summed E-state index contributed by atoms with van der Waals surface area (Å²) in [5, 5.41) is 0. The number of alkyl halides is 6. The Morgan fingerprint density at radius 3 is 2.06 bits per heavy atom. The molecule has 0 bridgehead atoms. The van der Waals surface area contributed by atoms with Crippen molar-refractivity contribution in [2.45, 2.75) is 24.8 Å². The standard InChI is InChI=1S/C8H7F6NS/c9-7(10,11)5(15)3-4-1-2-6(16-4)8(12,13)14/h1-2,5H,3,15H2.